The van der Waals surface area contributed by atoms with Crippen molar-refractivity contribution in [2.75, 3.05) is 13.9 Å². The number of ether oxygens (including phenoxy) is 3. The molecule has 4 aromatic rings. The van der Waals surface area contributed by atoms with Gasteiger partial charge in [-0.15, -0.1) is 0 Å². The maximum Gasteiger partial charge on any atom is 0.352 e. The van der Waals surface area contributed by atoms with E-state index in [2.05, 4.69) is 10.4 Å². The first-order valence-electron chi connectivity index (χ1n) is 11.2. The normalized spacial score (nSPS) is 11.8. The Kier molecular flexibility index (Phi) is 6.65. The van der Waals surface area contributed by atoms with Gasteiger partial charge in [0, 0.05) is 17.6 Å². The van der Waals surface area contributed by atoms with Crippen molar-refractivity contribution in [1.29, 1.82) is 0 Å². The molecule has 1 amide bonds. The van der Waals surface area contributed by atoms with E-state index in [0.717, 1.165) is 14.8 Å². The molecular formula is C26H21ClN4O6. The Labute approximate surface area is 215 Å². The number of nitrogens with one attached hydrogen (secondary N) is 1. The number of aromatic nitrogens is 3. The second kappa shape index (κ2) is 10.2. The van der Waals surface area contributed by atoms with Crippen molar-refractivity contribution in [3.8, 4) is 22.9 Å². The van der Waals surface area contributed by atoms with Crippen LogP contribution in [0.2, 0.25) is 5.02 Å². The molecule has 0 bridgehead atoms. The number of hydrogen-bond donors (Lipinski definition) is 1. The lowest BCUT2D eigenvalue weighted by Crippen LogP contribution is -2.46. The highest BCUT2D eigenvalue weighted by Crippen LogP contribution is 2.32. The fourth-order valence-corrected chi connectivity index (χ4v) is 4.02. The molecule has 0 aliphatic carbocycles. The average molecular weight is 521 g/mol. The topological polar surface area (TPSA) is 114 Å². The molecule has 0 radical (unpaired) electrons. The van der Waals surface area contributed by atoms with E-state index in [0.29, 0.717) is 33.5 Å². The zero-order valence-corrected chi connectivity index (χ0v) is 20.4. The molecule has 0 spiro atoms. The zero-order valence-electron chi connectivity index (χ0n) is 19.6. The molecule has 1 aliphatic heterocycles. The standard InChI is InChI=1S/C26H21ClN4O6/c1-35-19-7-4-6-18(12-19)31-26(34)30(14-17-5-2-3-8-20(17)27)25(33)23(29-31)24(32)28-13-16-9-10-21-22(11-16)37-15-36-21/h2-12H,13-15H2,1H3,(H,28,32). The van der Waals surface area contributed by atoms with Gasteiger partial charge in [0.2, 0.25) is 12.5 Å². The van der Waals surface area contributed by atoms with Crippen LogP contribution in [0.15, 0.2) is 76.3 Å². The molecule has 0 fully saturated rings. The van der Waals surface area contributed by atoms with Gasteiger partial charge in [-0.2, -0.15) is 9.78 Å². The van der Waals surface area contributed by atoms with Crippen LogP contribution in [0.5, 0.6) is 17.2 Å². The van der Waals surface area contributed by atoms with Crippen LogP contribution in [0, 0.1) is 0 Å². The van der Waals surface area contributed by atoms with E-state index in [4.69, 9.17) is 25.8 Å². The number of nitrogens with zero attached hydrogens (tertiary/aromatic N) is 3. The van der Waals surface area contributed by atoms with Gasteiger partial charge in [0.1, 0.15) is 5.75 Å². The third kappa shape index (κ3) is 4.91. The molecule has 0 atom stereocenters. The zero-order chi connectivity index (χ0) is 25.9. The third-order valence-electron chi connectivity index (χ3n) is 5.75. The summed E-state index contributed by atoms with van der Waals surface area (Å²) in [4.78, 5) is 39.9. The second-order valence-corrected chi connectivity index (χ2v) is 8.50. The molecule has 188 valence electrons. The first-order valence-corrected chi connectivity index (χ1v) is 11.6. The summed E-state index contributed by atoms with van der Waals surface area (Å²) < 4.78 is 17.9. The Morgan fingerprint density at radius 3 is 2.68 bits per heavy atom. The van der Waals surface area contributed by atoms with E-state index >= 15 is 0 Å². The van der Waals surface area contributed by atoms with Gasteiger partial charge in [0.25, 0.3) is 11.5 Å². The van der Waals surface area contributed by atoms with Crippen molar-refractivity contribution >= 4 is 17.5 Å². The summed E-state index contributed by atoms with van der Waals surface area (Å²) in [7, 11) is 1.49. The summed E-state index contributed by atoms with van der Waals surface area (Å²) in [6, 6.07) is 18.7. The van der Waals surface area contributed by atoms with Gasteiger partial charge in [-0.05, 0) is 41.5 Å². The Hall–Kier alpha value is -4.57. The lowest BCUT2D eigenvalue weighted by atomic mass is 10.2. The smallest absolute Gasteiger partial charge is 0.352 e. The van der Waals surface area contributed by atoms with E-state index in [1.54, 1.807) is 66.7 Å². The van der Waals surface area contributed by atoms with Crippen LogP contribution in [0.4, 0.5) is 0 Å². The van der Waals surface area contributed by atoms with Crippen molar-refractivity contribution in [3.05, 3.63) is 109 Å². The third-order valence-corrected chi connectivity index (χ3v) is 6.12. The summed E-state index contributed by atoms with van der Waals surface area (Å²) in [6.07, 6.45) is 0. The largest absolute Gasteiger partial charge is 0.497 e. The molecule has 0 unspecified atom stereocenters. The van der Waals surface area contributed by atoms with Crippen LogP contribution in [0.3, 0.4) is 0 Å². The summed E-state index contributed by atoms with van der Waals surface area (Å²) in [6.45, 7) is 0.0809. The van der Waals surface area contributed by atoms with Crippen molar-refractivity contribution in [3.63, 3.8) is 0 Å². The van der Waals surface area contributed by atoms with Gasteiger partial charge in [0.15, 0.2) is 11.5 Å². The lowest BCUT2D eigenvalue weighted by Gasteiger charge is -2.13. The number of fused-ring (bicyclic) bond motifs is 1. The second-order valence-electron chi connectivity index (χ2n) is 8.10. The van der Waals surface area contributed by atoms with E-state index in [1.807, 2.05) is 0 Å². The Bertz CT molecular complexity index is 1610. The molecular weight excluding hydrogens is 500 g/mol. The van der Waals surface area contributed by atoms with Gasteiger partial charge in [-0.25, -0.2) is 4.79 Å². The first-order chi connectivity index (χ1) is 17.9. The number of methoxy groups -OCH3 is 1. The van der Waals surface area contributed by atoms with E-state index in [9.17, 15) is 14.4 Å². The van der Waals surface area contributed by atoms with Crippen LogP contribution in [-0.2, 0) is 13.1 Å². The van der Waals surface area contributed by atoms with Gasteiger partial charge in [-0.3, -0.25) is 14.2 Å². The van der Waals surface area contributed by atoms with Gasteiger partial charge in [0.05, 0.1) is 19.3 Å². The highest BCUT2D eigenvalue weighted by Gasteiger charge is 2.22. The summed E-state index contributed by atoms with van der Waals surface area (Å²) in [5, 5.41) is 7.21. The maximum atomic E-state index is 13.4. The number of hydrogen-bond acceptors (Lipinski definition) is 7. The van der Waals surface area contributed by atoms with Crippen molar-refractivity contribution in [2.24, 2.45) is 0 Å². The van der Waals surface area contributed by atoms with Gasteiger partial charge in [-0.1, -0.05) is 41.9 Å². The molecule has 0 saturated heterocycles. The minimum atomic E-state index is -0.841. The average Bonchev–Trinajstić information content (AvgIpc) is 3.39. The Morgan fingerprint density at radius 1 is 1.05 bits per heavy atom. The lowest BCUT2D eigenvalue weighted by molar-refractivity contribution is 0.0941. The summed E-state index contributed by atoms with van der Waals surface area (Å²) in [5.74, 6) is 0.916. The highest BCUT2D eigenvalue weighted by atomic mass is 35.5. The predicted molar refractivity (Wildman–Crippen MR) is 135 cm³/mol. The highest BCUT2D eigenvalue weighted by molar-refractivity contribution is 6.31. The Morgan fingerprint density at radius 2 is 1.86 bits per heavy atom. The minimum Gasteiger partial charge on any atom is -0.497 e. The number of carbonyl (C=O) groups excluding carboxylic acids is 1. The molecule has 1 aromatic heterocycles. The predicted octanol–water partition coefficient (Wildman–Crippen LogP) is 2.76. The van der Waals surface area contributed by atoms with E-state index < -0.39 is 22.9 Å². The monoisotopic (exact) mass is 520 g/mol. The first kappa shape index (κ1) is 24.1. The molecule has 1 N–H and O–H groups in total. The van der Waals surface area contributed by atoms with Gasteiger partial charge < -0.3 is 19.5 Å². The van der Waals surface area contributed by atoms with E-state index in [1.165, 1.54) is 7.11 Å². The van der Waals surface area contributed by atoms with Crippen molar-refractivity contribution < 1.29 is 19.0 Å². The molecule has 5 rings (SSSR count). The molecule has 3 aromatic carbocycles. The van der Waals surface area contributed by atoms with Crippen LogP contribution in [-0.4, -0.2) is 34.2 Å². The minimum absolute atomic E-state index is 0.0966. The maximum absolute atomic E-state index is 13.4. The van der Waals surface area contributed by atoms with Crippen LogP contribution >= 0.6 is 11.6 Å². The number of halogens is 1. The number of carbonyl (C=O) groups is 1. The fourth-order valence-electron chi connectivity index (χ4n) is 3.82. The molecule has 0 saturated carbocycles. The van der Waals surface area contributed by atoms with Crippen LogP contribution < -0.4 is 30.8 Å². The molecule has 37 heavy (non-hydrogen) atoms. The van der Waals surface area contributed by atoms with Crippen molar-refractivity contribution in [2.45, 2.75) is 13.1 Å². The Balaban J connectivity index is 1.54. The fraction of sp³-hybridized carbons (Fsp3) is 0.154. The molecule has 1 aliphatic rings. The number of benzene rings is 3. The van der Waals surface area contributed by atoms with Gasteiger partial charge >= 0.3 is 5.69 Å². The van der Waals surface area contributed by atoms with Crippen LogP contribution in [0.25, 0.3) is 5.69 Å². The molecule has 11 heteroatoms. The SMILES string of the molecule is COc1cccc(-n2nc(C(=O)NCc3ccc4c(c3)OCO4)c(=O)n(Cc3ccccc3Cl)c2=O)c1. The summed E-state index contributed by atoms with van der Waals surface area (Å²) >= 11 is 6.28. The summed E-state index contributed by atoms with van der Waals surface area (Å²) in [5.41, 5.74) is -0.427. The van der Waals surface area contributed by atoms with E-state index in [-0.39, 0.29) is 19.9 Å². The number of rotatable bonds is 7. The molecule has 10 nitrogen and oxygen atoms in total. The number of amides is 1. The molecule has 2 heterocycles. The van der Waals surface area contributed by atoms with Crippen LogP contribution in [0.1, 0.15) is 21.6 Å². The van der Waals surface area contributed by atoms with Crippen molar-refractivity contribution in [1.82, 2.24) is 19.7 Å². The quantitative estimate of drug-likeness (QED) is 0.398.